The van der Waals surface area contributed by atoms with Gasteiger partial charge in [0, 0.05) is 24.2 Å². The van der Waals surface area contributed by atoms with Crippen LogP contribution in [0, 0.1) is 13.8 Å². The van der Waals surface area contributed by atoms with E-state index in [-0.39, 0.29) is 29.5 Å². The maximum Gasteiger partial charge on any atom is 0.261 e. The van der Waals surface area contributed by atoms with Gasteiger partial charge in [-0.05, 0) is 67.4 Å². The number of carbonyl (C=O) groups excluding carboxylic acids is 2. The topological polar surface area (TPSA) is 114 Å². The molecule has 0 bridgehead atoms. The number of ether oxygens (including phenoxy) is 1. The minimum Gasteiger partial charge on any atom is -0.497 e. The number of para-hydroxylation sites is 1. The fourth-order valence-electron chi connectivity index (χ4n) is 3.20. The molecule has 3 rings (SSSR count). The van der Waals surface area contributed by atoms with Crippen molar-refractivity contribution in [3.63, 3.8) is 0 Å². The van der Waals surface area contributed by atoms with E-state index in [0.29, 0.717) is 22.6 Å². The van der Waals surface area contributed by atoms with Crippen LogP contribution < -0.4 is 20.1 Å². The smallest absolute Gasteiger partial charge is 0.261 e. The largest absolute Gasteiger partial charge is 0.497 e. The molecule has 0 aromatic heterocycles. The van der Waals surface area contributed by atoms with Crippen LogP contribution in [0.1, 0.15) is 31.8 Å². The second-order valence-electron chi connectivity index (χ2n) is 7.64. The molecule has 9 heteroatoms. The first-order chi connectivity index (χ1) is 16.2. The number of nitrogens with one attached hydrogen (secondary N) is 3. The summed E-state index contributed by atoms with van der Waals surface area (Å²) < 4.78 is 33.3. The number of rotatable bonds is 9. The number of amides is 2. The van der Waals surface area contributed by atoms with Crippen molar-refractivity contribution in [1.29, 1.82) is 0 Å². The third-order valence-corrected chi connectivity index (χ3v) is 6.56. The molecule has 0 radical (unpaired) electrons. The van der Waals surface area contributed by atoms with Crippen molar-refractivity contribution in [1.82, 2.24) is 10.6 Å². The molecule has 3 N–H and O–H groups in total. The number of carbonyl (C=O) groups is 2. The third-order valence-electron chi connectivity index (χ3n) is 5.20. The molecule has 0 aliphatic rings. The van der Waals surface area contributed by atoms with Crippen LogP contribution in [0.15, 0.2) is 71.6 Å². The molecule has 2 amide bonds. The third kappa shape index (κ3) is 6.14. The van der Waals surface area contributed by atoms with Gasteiger partial charge in [-0.3, -0.25) is 14.3 Å². The van der Waals surface area contributed by atoms with Gasteiger partial charge in [0.2, 0.25) is 0 Å². The zero-order valence-electron chi connectivity index (χ0n) is 19.2. The van der Waals surface area contributed by atoms with Crippen molar-refractivity contribution in [2.45, 2.75) is 18.7 Å². The highest BCUT2D eigenvalue weighted by atomic mass is 32.2. The summed E-state index contributed by atoms with van der Waals surface area (Å²) in [5.74, 6) is -0.0508. The molecule has 3 aromatic rings. The van der Waals surface area contributed by atoms with E-state index in [0.717, 1.165) is 5.56 Å². The van der Waals surface area contributed by atoms with Crippen molar-refractivity contribution < 1.29 is 22.7 Å². The molecule has 0 atom stereocenters. The minimum atomic E-state index is -3.88. The van der Waals surface area contributed by atoms with Crippen molar-refractivity contribution in [2.75, 3.05) is 24.9 Å². The molecule has 0 aliphatic heterocycles. The van der Waals surface area contributed by atoms with Crippen molar-refractivity contribution in [3.8, 4) is 5.75 Å². The van der Waals surface area contributed by atoms with Crippen LogP contribution in [-0.2, 0) is 10.0 Å². The fourth-order valence-corrected chi connectivity index (χ4v) is 4.35. The summed E-state index contributed by atoms with van der Waals surface area (Å²) in [5.41, 5.74) is 2.61. The zero-order valence-corrected chi connectivity index (χ0v) is 20.0. The van der Waals surface area contributed by atoms with Crippen LogP contribution in [0.3, 0.4) is 0 Å². The Balaban J connectivity index is 1.61. The minimum absolute atomic E-state index is 0.0145. The van der Waals surface area contributed by atoms with Crippen LogP contribution in [-0.4, -0.2) is 40.4 Å². The van der Waals surface area contributed by atoms with Gasteiger partial charge in [0.15, 0.2) is 0 Å². The summed E-state index contributed by atoms with van der Waals surface area (Å²) in [7, 11) is -2.33. The van der Waals surface area contributed by atoms with Gasteiger partial charge >= 0.3 is 0 Å². The molecule has 0 saturated heterocycles. The predicted molar refractivity (Wildman–Crippen MR) is 131 cm³/mol. The number of sulfonamides is 1. The van der Waals surface area contributed by atoms with E-state index in [9.17, 15) is 18.0 Å². The highest BCUT2D eigenvalue weighted by Gasteiger charge is 2.19. The van der Waals surface area contributed by atoms with Gasteiger partial charge in [-0.1, -0.05) is 24.3 Å². The van der Waals surface area contributed by atoms with Crippen molar-refractivity contribution in [3.05, 3.63) is 89.0 Å². The number of hydrogen-bond acceptors (Lipinski definition) is 5. The van der Waals surface area contributed by atoms with Gasteiger partial charge in [-0.25, -0.2) is 8.42 Å². The Labute approximate surface area is 199 Å². The molecule has 0 aliphatic carbocycles. The molecule has 34 heavy (non-hydrogen) atoms. The number of benzene rings is 3. The standard InChI is InChI=1S/C25H27N3O5S/c1-17-8-13-21(34(31,32)28-23-7-5-4-6-18(23)2)16-22(17)25(30)27-15-14-26-24(29)19-9-11-20(33-3)12-10-19/h4-13,16,28H,14-15H2,1-3H3,(H,26,29)(H,27,30). The highest BCUT2D eigenvalue weighted by Crippen LogP contribution is 2.21. The molecule has 178 valence electrons. The summed E-state index contributed by atoms with van der Waals surface area (Å²) in [6.07, 6.45) is 0. The maximum absolute atomic E-state index is 12.9. The molecule has 3 aromatic carbocycles. The van der Waals surface area contributed by atoms with Gasteiger partial charge in [-0.2, -0.15) is 0 Å². The molecular formula is C25H27N3O5S. The molecule has 0 unspecified atom stereocenters. The van der Waals surface area contributed by atoms with Gasteiger partial charge < -0.3 is 15.4 Å². The molecule has 0 spiro atoms. The van der Waals surface area contributed by atoms with E-state index in [2.05, 4.69) is 15.4 Å². The van der Waals surface area contributed by atoms with E-state index in [1.807, 2.05) is 6.07 Å². The lowest BCUT2D eigenvalue weighted by atomic mass is 10.1. The second kappa shape index (κ2) is 10.8. The molecule has 8 nitrogen and oxygen atoms in total. The average Bonchev–Trinajstić information content (AvgIpc) is 2.83. The quantitative estimate of drug-likeness (QED) is 0.406. The lowest BCUT2D eigenvalue weighted by molar-refractivity contribution is 0.0927. The summed E-state index contributed by atoms with van der Waals surface area (Å²) in [6.45, 7) is 3.92. The zero-order chi connectivity index (χ0) is 24.7. The molecule has 0 saturated carbocycles. The van der Waals surface area contributed by atoms with Crippen LogP contribution in [0.2, 0.25) is 0 Å². The van der Waals surface area contributed by atoms with E-state index in [1.165, 1.54) is 12.1 Å². The summed E-state index contributed by atoms with van der Waals surface area (Å²) >= 11 is 0. The molecule has 0 heterocycles. The van der Waals surface area contributed by atoms with E-state index in [4.69, 9.17) is 4.74 Å². The number of hydrogen-bond donors (Lipinski definition) is 3. The second-order valence-corrected chi connectivity index (χ2v) is 9.32. The lowest BCUT2D eigenvalue weighted by Crippen LogP contribution is -2.35. The van der Waals surface area contributed by atoms with Crippen LogP contribution in [0.25, 0.3) is 0 Å². The molecule has 0 fully saturated rings. The Kier molecular flexibility index (Phi) is 7.91. The number of anilines is 1. The van der Waals surface area contributed by atoms with Gasteiger partial charge in [-0.15, -0.1) is 0 Å². The lowest BCUT2D eigenvalue weighted by Gasteiger charge is -2.13. The Bertz CT molecular complexity index is 1290. The fraction of sp³-hybridized carbons (Fsp3) is 0.200. The Morgan fingerprint density at radius 2 is 1.47 bits per heavy atom. The monoisotopic (exact) mass is 481 g/mol. The van der Waals surface area contributed by atoms with Crippen LogP contribution >= 0.6 is 0 Å². The first-order valence-corrected chi connectivity index (χ1v) is 12.1. The van der Waals surface area contributed by atoms with Gasteiger partial charge in [0.25, 0.3) is 21.8 Å². The van der Waals surface area contributed by atoms with Gasteiger partial charge in [0.05, 0.1) is 17.7 Å². The predicted octanol–water partition coefficient (Wildman–Crippen LogP) is 3.27. The average molecular weight is 482 g/mol. The van der Waals surface area contributed by atoms with Crippen molar-refractivity contribution in [2.24, 2.45) is 0 Å². The van der Waals surface area contributed by atoms with E-state index >= 15 is 0 Å². The first-order valence-electron chi connectivity index (χ1n) is 10.6. The Morgan fingerprint density at radius 3 is 2.12 bits per heavy atom. The van der Waals surface area contributed by atoms with Crippen molar-refractivity contribution >= 4 is 27.5 Å². The Morgan fingerprint density at radius 1 is 0.824 bits per heavy atom. The maximum atomic E-state index is 12.9. The molecular weight excluding hydrogens is 454 g/mol. The normalized spacial score (nSPS) is 10.9. The summed E-state index contributed by atoms with van der Waals surface area (Å²) in [6, 6.07) is 18.1. The number of aryl methyl sites for hydroxylation is 2. The summed E-state index contributed by atoms with van der Waals surface area (Å²) in [4.78, 5) is 24.9. The van der Waals surface area contributed by atoms with Crippen LogP contribution in [0.4, 0.5) is 5.69 Å². The Hall–Kier alpha value is -3.85. The highest BCUT2D eigenvalue weighted by molar-refractivity contribution is 7.92. The van der Waals surface area contributed by atoms with Crippen LogP contribution in [0.5, 0.6) is 5.75 Å². The van der Waals surface area contributed by atoms with E-state index in [1.54, 1.807) is 69.5 Å². The summed E-state index contributed by atoms with van der Waals surface area (Å²) in [5, 5.41) is 5.44. The van der Waals surface area contributed by atoms with E-state index < -0.39 is 15.9 Å². The SMILES string of the molecule is COc1ccc(C(=O)NCCNC(=O)c2cc(S(=O)(=O)Nc3ccccc3C)ccc2C)cc1. The first kappa shape index (κ1) is 24.8. The van der Waals surface area contributed by atoms with Gasteiger partial charge in [0.1, 0.15) is 5.75 Å². The number of methoxy groups -OCH3 is 1.